The van der Waals surface area contributed by atoms with E-state index in [0.29, 0.717) is 30.2 Å². The van der Waals surface area contributed by atoms with Crippen molar-refractivity contribution in [2.24, 2.45) is 5.92 Å². The van der Waals surface area contributed by atoms with Gasteiger partial charge in [-0.05, 0) is 30.5 Å². The molecule has 0 spiro atoms. The monoisotopic (exact) mass is 483 g/mol. The summed E-state index contributed by atoms with van der Waals surface area (Å²) in [6.07, 6.45) is -0.120. The summed E-state index contributed by atoms with van der Waals surface area (Å²) in [5, 5.41) is 2.78. The molecule has 2 aromatic carbocycles. The third-order valence-electron chi connectivity index (χ3n) is 6.36. The summed E-state index contributed by atoms with van der Waals surface area (Å²) in [4.78, 5) is 29.4. The van der Waals surface area contributed by atoms with E-state index in [-0.39, 0.29) is 36.5 Å². The highest BCUT2D eigenvalue weighted by atomic mass is 16.5. The normalized spacial score (nSPS) is 21.9. The molecule has 0 saturated carbocycles. The first-order valence-electron chi connectivity index (χ1n) is 11.9. The Bertz CT molecular complexity index is 984. The molecule has 8 heteroatoms. The SMILES string of the molecule is COCC(=O)Nc1ccc2c(c1)OC[C@@H](C)N(Cc1ccccc1)C[C@H](C)[C@@H](OC)CN(C)C2=O. The number of carbonyl (C=O) groups is 2. The summed E-state index contributed by atoms with van der Waals surface area (Å²) in [6.45, 7) is 6.64. The van der Waals surface area contributed by atoms with E-state index in [4.69, 9.17) is 14.2 Å². The molecule has 35 heavy (non-hydrogen) atoms. The van der Waals surface area contributed by atoms with Crippen molar-refractivity contribution in [3.63, 3.8) is 0 Å². The van der Waals surface area contributed by atoms with Gasteiger partial charge in [0.25, 0.3) is 5.91 Å². The smallest absolute Gasteiger partial charge is 0.257 e. The lowest BCUT2D eigenvalue weighted by molar-refractivity contribution is -0.119. The number of fused-ring (bicyclic) bond motifs is 1. The van der Waals surface area contributed by atoms with Crippen molar-refractivity contribution in [1.82, 2.24) is 9.80 Å². The number of likely N-dealkylation sites (N-methyl/N-ethyl adjacent to an activating group) is 1. The molecular weight excluding hydrogens is 446 g/mol. The second-order valence-electron chi connectivity index (χ2n) is 9.20. The maximum absolute atomic E-state index is 13.3. The van der Waals surface area contributed by atoms with Gasteiger partial charge < -0.3 is 24.4 Å². The molecule has 190 valence electrons. The van der Waals surface area contributed by atoms with E-state index in [1.807, 2.05) is 18.2 Å². The molecule has 3 rings (SSSR count). The van der Waals surface area contributed by atoms with Gasteiger partial charge in [-0.25, -0.2) is 0 Å². The van der Waals surface area contributed by atoms with Crippen molar-refractivity contribution >= 4 is 17.5 Å². The number of amides is 2. The standard InChI is InChI=1S/C27H37N3O5/c1-19-14-30(15-21-9-7-6-8-10-21)20(2)17-35-24-13-22(28-26(31)18-33-4)11-12-23(24)27(32)29(3)16-25(19)34-5/h6-13,19-20,25H,14-18H2,1-5H3,(H,28,31)/t19-,20+,25-/m0/s1. The Morgan fingerprint density at radius 2 is 1.86 bits per heavy atom. The average molecular weight is 484 g/mol. The Hall–Kier alpha value is -2.94. The van der Waals surface area contributed by atoms with Crippen molar-refractivity contribution in [2.45, 2.75) is 32.5 Å². The van der Waals surface area contributed by atoms with Crippen molar-refractivity contribution in [3.05, 3.63) is 59.7 Å². The number of hydrogen-bond acceptors (Lipinski definition) is 6. The zero-order valence-corrected chi connectivity index (χ0v) is 21.3. The van der Waals surface area contributed by atoms with Crippen LogP contribution in [0.2, 0.25) is 0 Å². The van der Waals surface area contributed by atoms with Crippen LogP contribution >= 0.6 is 0 Å². The van der Waals surface area contributed by atoms with Gasteiger partial charge in [-0.2, -0.15) is 0 Å². The molecule has 0 fully saturated rings. The number of nitrogens with zero attached hydrogens (tertiary/aromatic N) is 2. The number of ether oxygens (including phenoxy) is 3. The average Bonchev–Trinajstić information content (AvgIpc) is 2.85. The first kappa shape index (κ1) is 26.7. The number of rotatable bonds is 6. The Balaban J connectivity index is 1.92. The first-order chi connectivity index (χ1) is 16.8. The topological polar surface area (TPSA) is 80.3 Å². The molecule has 3 atom stereocenters. The molecule has 2 aromatic rings. The molecule has 0 bridgehead atoms. The number of carbonyl (C=O) groups excluding carboxylic acids is 2. The van der Waals surface area contributed by atoms with Crippen molar-refractivity contribution in [1.29, 1.82) is 0 Å². The fourth-order valence-corrected chi connectivity index (χ4v) is 4.29. The van der Waals surface area contributed by atoms with Crippen LogP contribution in [0.25, 0.3) is 0 Å². The Morgan fingerprint density at radius 1 is 1.11 bits per heavy atom. The number of benzene rings is 2. The van der Waals surface area contributed by atoms with Gasteiger partial charge in [0.2, 0.25) is 5.91 Å². The Kier molecular flexibility index (Phi) is 9.65. The quantitative estimate of drug-likeness (QED) is 0.679. The molecular formula is C27H37N3O5. The maximum atomic E-state index is 13.3. The van der Waals surface area contributed by atoms with E-state index in [2.05, 4.69) is 36.2 Å². The summed E-state index contributed by atoms with van der Waals surface area (Å²) in [5.74, 6) is 0.201. The van der Waals surface area contributed by atoms with Crippen LogP contribution in [0, 0.1) is 5.92 Å². The van der Waals surface area contributed by atoms with Gasteiger partial charge in [-0.1, -0.05) is 37.3 Å². The fourth-order valence-electron chi connectivity index (χ4n) is 4.29. The Morgan fingerprint density at radius 3 is 2.54 bits per heavy atom. The summed E-state index contributed by atoms with van der Waals surface area (Å²) in [6, 6.07) is 15.5. The largest absolute Gasteiger partial charge is 0.491 e. The van der Waals surface area contributed by atoms with Crippen LogP contribution in [0.15, 0.2) is 48.5 Å². The highest BCUT2D eigenvalue weighted by Gasteiger charge is 2.28. The van der Waals surface area contributed by atoms with Gasteiger partial charge in [0.15, 0.2) is 0 Å². The van der Waals surface area contributed by atoms with Crippen molar-refractivity contribution in [3.8, 4) is 5.75 Å². The maximum Gasteiger partial charge on any atom is 0.257 e. The minimum Gasteiger partial charge on any atom is -0.491 e. The van der Waals surface area contributed by atoms with E-state index >= 15 is 0 Å². The van der Waals surface area contributed by atoms with E-state index in [0.717, 1.165) is 13.1 Å². The number of hydrogen-bond donors (Lipinski definition) is 1. The van der Waals surface area contributed by atoms with Gasteiger partial charge >= 0.3 is 0 Å². The van der Waals surface area contributed by atoms with Gasteiger partial charge in [0.1, 0.15) is 19.0 Å². The molecule has 2 amide bonds. The lowest BCUT2D eigenvalue weighted by Gasteiger charge is -2.36. The van der Waals surface area contributed by atoms with E-state index in [1.54, 1.807) is 37.3 Å². The molecule has 0 unspecified atom stereocenters. The summed E-state index contributed by atoms with van der Waals surface area (Å²) < 4.78 is 16.9. The predicted molar refractivity (Wildman–Crippen MR) is 136 cm³/mol. The molecule has 0 aromatic heterocycles. The van der Waals surface area contributed by atoms with Gasteiger partial charge in [-0.3, -0.25) is 14.5 Å². The predicted octanol–water partition coefficient (Wildman–Crippen LogP) is 3.28. The van der Waals surface area contributed by atoms with Crippen LogP contribution in [0.5, 0.6) is 5.75 Å². The zero-order valence-electron chi connectivity index (χ0n) is 21.3. The Labute approximate surface area is 208 Å². The lowest BCUT2D eigenvalue weighted by Crippen LogP contribution is -2.46. The van der Waals surface area contributed by atoms with E-state index < -0.39 is 0 Å². The fraction of sp³-hybridized carbons (Fsp3) is 0.481. The number of methoxy groups -OCH3 is 2. The minimum absolute atomic E-state index is 0.0539. The van der Waals surface area contributed by atoms with Crippen LogP contribution in [-0.2, 0) is 20.8 Å². The minimum atomic E-state index is -0.275. The molecule has 1 aliphatic heterocycles. The summed E-state index contributed by atoms with van der Waals surface area (Å²) >= 11 is 0. The van der Waals surface area contributed by atoms with E-state index in [1.165, 1.54) is 12.7 Å². The third kappa shape index (κ3) is 7.27. The van der Waals surface area contributed by atoms with Crippen molar-refractivity contribution < 1.29 is 23.8 Å². The van der Waals surface area contributed by atoms with Crippen LogP contribution in [-0.4, -0.2) is 81.3 Å². The summed E-state index contributed by atoms with van der Waals surface area (Å²) in [5.41, 5.74) is 2.22. The molecule has 0 radical (unpaired) electrons. The third-order valence-corrected chi connectivity index (χ3v) is 6.36. The molecule has 8 nitrogen and oxygen atoms in total. The molecule has 0 saturated heterocycles. The van der Waals surface area contributed by atoms with Gasteiger partial charge in [0, 0.05) is 58.7 Å². The van der Waals surface area contributed by atoms with Crippen LogP contribution in [0.3, 0.4) is 0 Å². The first-order valence-corrected chi connectivity index (χ1v) is 11.9. The number of anilines is 1. The highest BCUT2D eigenvalue weighted by molar-refractivity contribution is 5.98. The van der Waals surface area contributed by atoms with Gasteiger partial charge in [0.05, 0.1) is 11.7 Å². The van der Waals surface area contributed by atoms with Crippen LogP contribution in [0.1, 0.15) is 29.8 Å². The second-order valence-corrected chi connectivity index (χ2v) is 9.20. The van der Waals surface area contributed by atoms with E-state index in [9.17, 15) is 9.59 Å². The number of nitrogens with one attached hydrogen (secondary N) is 1. The van der Waals surface area contributed by atoms with Crippen LogP contribution < -0.4 is 10.1 Å². The zero-order chi connectivity index (χ0) is 25.4. The van der Waals surface area contributed by atoms with Crippen molar-refractivity contribution in [2.75, 3.05) is 52.9 Å². The molecule has 1 N–H and O–H groups in total. The summed E-state index contributed by atoms with van der Waals surface area (Å²) in [7, 11) is 4.93. The molecule has 1 aliphatic rings. The van der Waals surface area contributed by atoms with Crippen LogP contribution in [0.4, 0.5) is 5.69 Å². The second kappa shape index (κ2) is 12.7. The van der Waals surface area contributed by atoms with Gasteiger partial charge in [-0.15, -0.1) is 0 Å². The lowest BCUT2D eigenvalue weighted by atomic mass is 10.0. The molecule has 0 aliphatic carbocycles. The molecule has 1 heterocycles. The highest BCUT2D eigenvalue weighted by Crippen LogP contribution is 2.27.